The van der Waals surface area contributed by atoms with Gasteiger partial charge in [0.2, 0.25) is 15.9 Å². The molecule has 3 rings (SSSR count). The van der Waals surface area contributed by atoms with Crippen LogP contribution in [0.4, 0.5) is 0 Å². The van der Waals surface area contributed by atoms with Gasteiger partial charge in [-0.25, -0.2) is 18.1 Å². The number of nitrogens with one attached hydrogen (secondary N) is 2. The Morgan fingerprint density at radius 3 is 2.77 bits per heavy atom. The minimum absolute atomic E-state index is 0.133. The Hall–Kier alpha value is -2.19. The van der Waals surface area contributed by atoms with Crippen molar-refractivity contribution in [1.29, 1.82) is 0 Å². The second-order valence-electron chi connectivity index (χ2n) is 6.50. The fourth-order valence-electron chi connectivity index (χ4n) is 3.29. The second-order valence-corrected chi connectivity index (χ2v) is 8.39. The molecule has 26 heavy (non-hydrogen) atoms. The zero-order chi connectivity index (χ0) is 18.6. The van der Waals surface area contributed by atoms with Crippen LogP contribution >= 0.6 is 0 Å². The Morgan fingerprint density at radius 2 is 2.12 bits per heavy atom. The van der Waals surface area contributed by atoms with E-state index in [1.165, 1.54) is 7.05 Å². The number of hydrogen-bond donors (Lipinski definition) is 2. The second kappa shape index (κ2) is 8.01. The van der Waals surface area contributed by atoms with E-state index in [0.29, 0.717) is 19.4 Å². The van der Waals surface area contributed by atoms with Crippen LogP contribution in [0.25, 0.3) is 0 Å². The first-order valence-electron chi connectivity index (χ1n) is 8.79. The Morgan fingerprint density at radius 1 is 1.35 bits per heavy atom. The maximum Gasteiger partial charge on any atom is 0.240 e. The Balaban J connectivity index is 1.55. The van der Waals surface area contributed by atoms with E-state index in [1.807, 2.05) is 11.1 Å². The Labute approximate surface area is 153 Å². The van der Waals surface area contributed by atoms with Crippen molar-refractivity contribution in [3.63, 3.8) is 0 Å². The summed E-state index contributed by atoms with van der Waals surface area (Å²) >= 11 is 0. The number of sulfonamides is 1. The number of likely N-dealkylation sites (tertiary alicyclic amines) is 1. The van der Waals surface area contributed by atoms with Crippen LogP contribution in [-0.2, 0) is 21.2 Å². The number of aryl methyl sites for hydroxylation is 1. The first-order valence-corrected chi connectivity index (χ1v) is 10.3. The van der Waals surface area contributed by atoms with Crippen LogP contribution in [0.15, 0.2) is 41.6 Å². The van der Waals surface area contributed by atoms with Gasteiger partial charge < -0.3 is 9.88 Å². The van der Waals surface area contributed by atoms with Crippen molar-refractivity contribution in [3.8, 4) is 0 Å². The van der Waals surface area contributed by atoms with Crippen LogP contribution in [0.1, 0.15) is 36.6 Å². The van der Waals surface area contributed by atoms with Gasteiger partial charge in [-0.3, -0.25) is 4.79 Å². The summed E-state index contributed by atoms with van der Waals surface area (Å²) in [6.07, 6.45) is 6.60. The van der Waals surface area contributed by atoms with Crippen LogP contribution < -0.4 is 4.72 Å². The number of aromatic nitrogens is 2. The third-order valence-corrected chi connectivity index (χ3v) is 6.24. The van der Waals surface area contributed by atoms with Crippen molar-refractivity contribution in [2.24, 2.45) is 0 Å². The lowest BCUT2D eigenvalue weighted by Gasteiger charge is -2.32. The minimum atomic E-state index is -3.43. The number of hydrogen-bond acceptors (Lipinski definition) is 4. The standard InChI is InChI=1S/C18H24N4O3S/c1-19-26(24,25)16-7-4-14(5-8-16)6-9-17(23)22-12-2-3-15(13-22)18-20-10-11-21-18/h4-5,7-8,10-11,15,19H,2-3,6,9,12-13H2,1H3,(H,20,21)/t15-/m1/s1. The van der Waals surface area contributed by atoms with Gasteiger partial charge in [-0.15, -0.1) is 0 Å². The molecule has 0 spiro atoms. The number of nitrogens with zero attached hydrogens (tertiary/aromatic N) is 2. The van der Waals surface area contributed by atoms with Gasteiger partial charge in [0.05, 0.1) is 4.90 Å². The van der Waals surface area contributed by atoms with Crippen LogP contribution in [0.2, 0.25) is 0 Å². The van der Waals surface area contributed by atoms with Crippen molar-refractivity contribution >= 4 is 15.9 Å². The van der Waals surface area contributed by atoms with E-state index in [1.54, 1.807) is 30.5 Å². The van der Waals surface area contributed by atoms with Crippen LogP contribution in [0, 0.1) is 0 Å². The Bertz CT molecular complexity index is 832. The molecule has 1 aromatic heterocycles. The third kappa shape index (κ3) is 4.31. The van der Waals surface area contributed by atoms with Gasteiger partial charge in [-0.2, -0.15) is 0 Å². The van der Waals surface area contributed by atoms with E-state index >= 15 is 0 Å². The lowest BCUT2D eigenvalue weighted by Crippen LogP contribution is -2.39. The van der Waals surface area contributed by atoms with Gasteiger partial charge >= 0.3 is 0 Å². The fraction of sp³-hybridized carbons (Fsp3) is 0.444. The fourth-order valence-corrected chi connectivity index (χ4v) is 4.02. The highest BCUT2D eigenvalue weighted by molar-refractivity contribution is 7.89. The van der Waals surface area contributed by atoms with Crippen molar-refractivity contribution in [2.45, 2.75) is 36.5 Å². The molecule has 0 saturated carbocycles. The third-order valence-electron chi connectivity index (χ3n) is 4.81. The zero-order valence-corrected chi connectivity index (χ0v) is 15.6. The molecule has 0 radical (unpaired) electrons. The van der Waals surface area contributed by atoms with Crippen molar-refractivity contribution in [1.82, 2.24) is 19.6 Å². The van der Waals surface area contributed by atoms with Gasteiger partial charge in [-0.05, 0) is 44.0 Å². The van der Waals surface area contributed by atoms with Gasteiger partial charge in [0, 0.05) is 37.8 Å². The summed E-state index contributed by atoms with van der Waals surface area (Å²) in [6, 6.07) is 6.66. The first-order chi connectivity index (χ1) is 12.5. The molecule has 1 aliphatic heterocycles. The van der Waals surface area contributed by atoms with E-state index in [9.17, 15) is 13.2 Å². The van der Waals surface area contributed by atoms with Crippen LogP contribution in [0.3, 0.4) is 0 Å². The van der Waals surface area contributed by atoms with Crippen LogP contribution in [-0.4, -0.2) is 49.3 Å². The number of H-pyrrole nitrogens is 1. The summed E-state index contributed by atoms with van der Waals surface area (Å²) in [6.45, 7) is 1.49. The molecule has 0 bridgehead atoms. The van der Waals surface area contributed by atoms with Crippen molar-refractivity contribution in [3.05, 3.63) is 48.0 Å². The van der Waals surface area contributed by atoms with Gasteiger partial charge in [0.1, 0.15) is 5.82 Å². The molecule has 8 heteroatoms. The molecule has 0 aliphatic carbocycles. The predicted molar refractivity (Wildman–Crippen MR) is 98.2 cm³/mol. The van der Waals surface area contributed by atoms with E-state index in [4.69, 9.17) is 0 Å². The highest BCUT2D eigenvalue weighted by atomic mass is 32.2. The molecule has 1 saturated heterocycles. The van der Waals surface area contributed by atoms with Crippen molar-refractivity contribution < 1.29 is 13.2 Å². The molecule has 1 atom stereocenters. The number of carbonyl (C=O) groups is 1. The Kier molecular flexibility index (Phi) is 5.73. The summed E-state index contributed by atoms with van der Waals surface area (Å²) in [5.41, 5.74) is 0.952. The molecule has 0 unspecified atom stereocenters. The zero-order valence-electron chi connectivity index (χ0n) is 14.8. The van der Waals surface area contributed by atoms with E-state index in [2.05, 4.69) is 14.7 Å². The summed E-state index contributed by atoms with van der Waals surface area (Å²) in [5.74, 6) is 1.35. The first kappa shape index (κ1) is 18.6. The predicted octanol–water partition coefficient (Wildman–Crippen LogP) is 1.66. The van der Waals surface area contributed by atoms with E-state index in [0.717, 1.165) is 30.8 Å². The average Bonchev–Trinajstić information content (AvgIpc) is 3.21. The maximum absolute atomic E-state index is 12.5. The van der Waals surface area contributed by atoms with Crippen LogP contribution in [0.5, 0.6) is 0 Å². The number of imidazole rings is 1. The molecule has 140 valence electrons. The number of amides is 1. The lowest BCUT2D eigenvalue weighted by molar-refractivity contribution is -0.132. The van der Waals surface area contributed by atoms with Gasteiger partial charge in [0.15, 0.2) is 0 Å². The molecule has 7 nitrogen and oxygen atoms in total. The molecule has 1 aromatic carbocycles. The smallest absolute Gasteiger partial charge is 0.240 e. The largest absolute Gasteiger partial charge is 0.348 e. The SMILES string of the molecule is CNS(=O)(=O)c1ccc(CCC(=O)N2CCC[C@@H](c3ncc[nH]3)C2)cc1. The van der Waals surface area contributed by atoms with Crippen molar-refractivity contribution in [2.75, 3.05) is 20.1 Å². The van der Waals surface area contributed by atoms with Gasteiger partial charge in [0.25, 0.3) is 0 Å². The molecule has 1 amide bonds. The highest BCUT2D eigenvalue weighted by Gasteiger charge is 2.25. The molecule has 1 aliphatic rings. The number of aromatic amines is 1. The average molecular weight is 376 g/mol. The summed E-state index contributed by atoms with van der Waals surface area (Å²) in [5, 5.41) is 0. The number of carbonyl (C=O) groups excluding carboxylic acids is 1. The minimum Gasteiger partial charge on any atom is -0.348 e. The molecule has 1 fully saturated rings. The monoisotopic (exact) mass is 376 g/mol. The number of benzene rings is 1. The lowest BCUT2D eigenvalue weighted by atomic mass is 9.97. The maximum atomic E-state index is 12.5. The molecular formula is C18H24N4O3S. The number of piperidine rings is 1. The summed E-state index contributed by atoms with van der Waals surface area (Å²) < 4.78 is 25.8. The van der Waals surface area contributed by atoms with Gasteiger partial charge in [-0.1, -0.05) is 12.1 Å². The number of rotatable bonds is 6. The quantitative estimate of drug-likeness (QED) is 0.801. The van der Waals surface area contributed by atoms with E-state index in [-0.39, 0.29) is 16.7 Å². The normalized spacial score (nSPS) is 18.0. The molecule has 2 N–H and O–H groups in total. The summed E-state index contributed by atoms with van der Waals surface area (Å²) in [7, 11) is -2.04. The topological polar surface area (TPSA) is 95.2 Å². The summed E-state index contributed by atoms with van der Waals surface area (Å²) in [4.78, 5) is 22.1. The molecular weight excluding hydrogens is 352 g/mol. The highest BCUT2D eigenvalue weighted by Crippen LogP contribution is 2.25. The molecule has 2 heterocycles. The molecule has 2 aromatic rings. The van der Waals surface area contributed by atoms with E-state index < -0.39 is 10.0 Å².